The summed E-state index contributed by atoms with van der Waals surface area (Å²) in [6.07, 6.45) is 0.562. The molecule has 0 aliphatic carbocycles. The fraction of sp³-hybridized carbons (Fsp3) is 0.263. The maximum Gasteiger partial charge on any atom is 0.337 e. The van der Waals surface area contributed by atoms with E-state index in [9.17, 15) is 9.59 Å². The second kappa shape index (κ2) is 6.02. The van der Waals surface area contributed by atoms with Crippen molar-refractivity contribution in [3.63, 3.8) is 0 Å². The van der Waals surface area contributed by atoms with Gasteiger partial charge in [-0.25, -0.2) is 9.59 Å². The van der Waals surface area contributed by atoms with Crippen molar-refractivity contribution >= 4 is 33.6 Å². The van der Waals surface area contributed by atoms with E-state index in [0.29, 0.717) is 17.7 Å². The molecular formula is C19H17BrN2O4. The molecule has 1 saturated heterocycles. The predicted molar refractivity (Wildman–Crippen MR) is 99.3 cm³/mol. The fourth-order valence-corrected chi connectivity index (χ4v) is 3.86. The topological polar surface area (TPSA) is 67.9 Å². The third kappa shape index (κ3) is 2.63. The number of urea groups is 1. The number of carbonyl (C=O) groups excluding carboxylic acids is 2. The summed E-state index contributed by atoms with van der Waals surface area (Å²) in [7, 11) is 1.34. The maximum atomic E-state index is 12.8. The Morgan fingerprint density at radius 1 is 1.31 bits per heavy atom. The molecule has 2 bridgehead atoms. The number of fused-ring (bicyclic) bond motifs is 4. The minimum absolute atomic E-state index is 0.229. The van der Waals surface area contributed by atoms with E-state index in [1.165, 1.54) is 7.11 Å². The van der Waals surface area contributed by atoms with Gasteiger partial charge in [0.25, 0.3) is 0 Å². The molecule has 0 radical (unpaired) electrons. The SMILES string of the molecule is COC(=O)c1ccc2c(c1)C1CC(C)(O2)N(c2ccc(Br)cc2)C(=O)N1. The molecule has 6 nitrogen and oxygen atoms in total. The van der Waals surface area contributed by atoms with Crippen LogP contribution in [0.15, 0.2) is 46.9 Å². The van der Waals surface area contributed by atoms with Crippen LogP contribution in [0.3, 0.4) is 0 Å². The molecule has 26 heavy (non-hydrogen) atoms. The van der Waals surface area contributed by atoms with E-state index in [1.807, 2.05) is 31.2 Å². The zero-order chi connectivity index (χ0) is 18.5. The zero-order valence-electron chi connectivity index (χ0n) is 14.3. The second-order valence-corrected chi connectivity index (χ2v) is 7.45. The highest BCUT2D eigenvalue weighted by atomic mass is 79.9. The minimum Gasteiger partial charge on any atom is -0.467 e. The van der Waals surface area contributed by atoms with Gasteiger partial charge in [0, 0.05) is 22.1 Å². The van der Waals surface area contributed by atoms with Crippen molar-refractivity contribution in [2.24, 2.45) is 0 Å². The van der Waals surface area contributed by atoms with E-state index in [1.54, 1.807) is 23.1 Å². The van der Waals surface area contributed by atoms with E-state index in [4.69, 9.17) is 9.47 Å². The minimum atomic E-state index is -0.819. The molecule has 134 valence electrons. The molecule has 7 heteroatoms. The Morgan fingerprint density at radius 2 is 2.04 bits per heavy atom. The Morgan fingerprint density at radius 3 is 2.73 bits per heavy atom. The summed E-state index contributed by atoms with van der Waals surface area (Å²) in [5, 5.41) is 3.02. The molecule has 1 N–H and O–H groups in total. The van der Waals surface area contributed by atoms with Gasteiger partial charge in [-0.3, -0.25) is 4.90 Å². The number of hydrogen-bond acceptors (Lipinski definition) is 4. The van der Waals surface area contributed by atoms with E-state index in [0.717, 1.165) is 15.7 Å². The molecular weight excluding hydrogens is 400 g/mol. The lowest BCUT2D eigenvalue weighted by Gasteiger charge is -2.50. The van der Waals surface area contributed by atoms with Gasteiger partial charge in [0.1, 0.15) is 5.75 Å². The monoisotopic (exact) mass is 416 g/mol. The Kier molecular flexibility index (Phi) is 3.91. The van der Waals surface area contributed by atoms with Crippen molar-refractivity contribution in [2.75, 3.05) is 12.0 Å². The number of carbonyl (C=O) groups is 2. The van der Waals surface area contributed by atoms with E-state index >= 15 is 0 Å². The molecule has 2 aliphatic heterocycles. The van der Waals surface area contributed by atoms with Crippen LogP contribution in [-0.4, -0.2) is 24.8 Å². The number of hydrogen-bond donors (Lipinski definition) is 1. The highest BCUT2D eigenvalue weighted by Crippen LogP contribution is 2.45. The van der Waals surface area contributed by atoms with Crippen molar-refractivity contribution in [3.05, 3.63) is 58.1 Å². The first-order valence-corrected chi connectivity index (χ1v) is 8.98. The molecule has 0 saturated carbocycles. The molecule has 0 aromatic heterocycles. The third-order valence-corrected chi connectivity index (χ3v) is 5.31. The lowest BCUT2D eigenvalue weighted by Crippen LogP contribution is -2.65. The summed E-state index contributed by atoms with van der Waals surface area (Å²) >= 11 is 3.41. The number of benzene rings is 2. The van der Waals surface area contributed by atoms with Gasteiger partial charge in [-0.1, -0.05) is 15.9 Å². The molecule has 2 unspecified atom stereocenters. The van der Waals surface area contributed by atoms with Crippen LogP contribution >= 0.6 is 15.9 Å². The molecule has 2 aromatic rings. The third-order valence-electron chi connectivity index (χ3n) is 4.78. The lowest BCUT2D eigenvalue weighted by atomic mass is 9.89. The summed E-state index contributed by atoms with van der Waals surface area (Å²) < 4.78 is 11.9. The summed E-state index contributed by atoms with van der Waals surface area (Å²) in [6.45, 7) is 1.90. The molecule has 2 atom stereocenters. The van der Waals surface area contributed by atoms with Crippen LogP contribution in [-0.2, 0) is 4.74 Å². The first-order valence-electron chi connectivity index (χ1n) is 8.19. The van der Waals surface area contributed by atoms with Gasteiger partial charge in [0.15, 0.2) is 5.72 Å². The van der Waals surface area contributed by atoms with E-state index in [2.05, 4.69) is 21.2 Å². The molecule has 2 aromatic carbocycles. The molecule has 2 heterocycles. The quantitative estimate of drug-likeness (QED) is 0.751. The van der Waals surface area contributed by atoms with Crippen LogP contribution in [0.25, 0.3) is 0 Å². The number of halogens is 1. The van der Waals surface area contributed by atoms with Gasteiger partial charge in [-0.15, -0.1) is 0 Å². The van der Waals surface area contributed by atoms with Crippen LogP contribution in [0, 0.1) is 0 Å². The van der Waals surface area contributed by atoms with Crippen molar-refractivity contribution in [1.82, 2.24) is 5.32 Å². The summed E-state index contributed by atoms with van der Waals surface area (Å²) in [6, 6.07) is 12.2. The highest BCUT2D eigenvalue weighted by Gasteiger charge is 2.49. The summed E-state index contributed by atoms with van der Waals surface area (Å²) in [5.41, 5.74) is 1.15. The van der Waals surface area contributed by atoms with Crippen molar-refractivity contribution in [3.8, 4) is 5.75 Å². The first-order chi connectivity index (χ1) is 12.4. The number of nitrogens with one attached hydrogen (secondary N) is 1. The van der Waals surface area contributed by atoms with Crippen LogP contribution in [0.2, 0.25) is 0 Å². The van der Waals surface area contributed by atoms with Crippen LogP contribution in [0.5, 0.6) is 5.75 Å². The second-order valence-electron chi connectivity index (χ2n) is 6.54. The summed E-state index contributed by atoms with van der Waals surface area (Å²) in [5.74, 6) is 0.235. The van der Waals surface area contributed by atoms with E-state index in [-0.39, 0.29) is 12.1 Å². The van der Waals surface area contributed by atoms with Crippen molar-refractivity contribution in [1.29, 1.82) is 0 Å². The van der Waals surface area contributed by atoms with Gasteiger partial charge in [-0.2, -0.15) is 0 Å². The van der Waals surface area contributed by atoms with Crippen molar-refractivity contribution < 1.29 is 19.1 Å². The average molecular weight is 417 g/mol. The van der Waals surface area contributed by atoms with Crippen molar-refractivity contribution in [2.45, 2.75) is 25.1 Å². The van der Waals surface area contributed by atoms with Gasteiger partial charge in [0.05, 0.1) is 18.7 Å². The number of amides is 2. The first kappa shape index (κ1) is 16.9. The number of rotatable bonds is 2. The normalized spacial score (nSPS) is 23.6. The molecule has 2 aliphatic rings. The Hall–Kier alpha value is -2.54. The summed E-state index contributed by atoms with van der Waals surface area (Å²) in [4.78, 5) is 26.2. The largest absolute Gasteiger partial charge is 0.467 e. The number of esters is 1. The van der Waals surface area contributed by atoms with Gasteiger partial charge in [0.2, 0.25) is 0 Å². The number of methoxy groups -OCH3 is 1. The number of anilines is 1. The van der Waals surface area contributed by atoms with Gasteiger partial charge >= 0.3 is 12.0 Å². The predicted octanol–water partition coefficient (Wildman–Crippen LogP) is 4.01. The maximum absolute atomic E-state index is 12.8. The van der Waals surface area contributed by atoms with Crippen LogP contribution in [0.4, 0.5) is 10.5 Å². The molecule has 4 rings (SSSR count). The Bertz CT molecular complexity index is 899. The van der Waals surface area contributed by atoms with Gasteiger partial charge in [-0.05, 0) is 49.4 Å². The van der Waals surface area contributed by atoms with Gasteiger partial charge < -0.3 is 14.8 Å². The zero-order valence-corrected chi connectivity index (χ0v) is 15.9. The van der Waals surface area contributed by atoms with E-state index < -0.39 is 11.7 Å². The fourth-order valence-electron chi connectivity index (χ4n) is 3.60. The Labute approximate surface area is 159 Å². The molecule has 0 spiro atoms. The standard InChI is InChI=1S/C19H17BrN2O4/c1-19-10-15(14-9-11(17(23)25-2)3-8-16(14)26-19)21-18(24)22(19)13-6-4-12(20)5-7-13/h3-9,15H,10H2,1-2H3,(H,21,24). The number of nitrogens with zero attached hydrogens (tertiary/aromatic N) is 1. The lowest BCUT2D eigenvalue weighted by molar-refractivity contribution is 0.0377. The smallest absolute Gasteiger partial charge is 0.337 e. The molecule has 2 amide bonds. The van der Waals surface area contributed by atoms with Crippen LogP contribution in [0.1, 0.15) is 35.3 Å². The van der Waals surface area contributed by atoms with Crippen LogP contribution < -0.4 is 15.0 Å². The number of ether oxygens (including phenoxy) is 2. The Balaban J connectivity index is 1.75. The average Bonchev–Trinajstić information content (AvgIpc) is 2.61. The molecule has 1 fully saturated rings. The highest BCUT2D eigenvalue weighted by molar-refractivity contribution is 9.10.